The quantitative estimate of drug-likeness (QED) is 0.716. The van der Waals surface area contributed by atoms with Gasteiger partial charge in [0.15, 0.2) is 5.65 Å². The topological polar surface area (TPSA) is 30.7 Å². The monoisotopic (exact) mass is 355 g/mol. The number of fused-ring (bicyclic) bond motifs is 1. The van der Waals surface area contributed by atoms with E-state index >= 15 is 0 Å². The molecule has 1 fully saturated rings. The van der Waals surface area contributed by atoms with E-state index in [1.165, 1.54) is 32.1 Å². The van der Waals surface area contributed by atoms with Gasteiger partial charge < -0.3 is 4.57 Å². The van der Waals surface area contributed by atoms with E-state index in [1.54, 1.807) is 0 Å². The molecule has 0 spiro atoms. The molecular weight excluding hydrogens is 338 g/mol. The molecule has 0 N–H and O–H groups in total. The van der Waals surface area contributed by atoms with Gasteiger partial charge in [-0.15, -0.1) is 11.6 Å². The van der Waals surface area contributed by atoms with Crippen LogP contribution in [0.3, 0.4) is 0 Å². The van der Waals surface area contributed by atoms with Crippen LogP contribution in [0.5, 0.6) is 0 Å². The molecule has 5 heteroatoms. The van der Waals surface area contributed by atoms with Gasteiger partial charge in [-0.05, 0) is 41.3 Å². The first kappa shape index (κ1) is 14.3. The van der Waals surface area contributed by atoms with Gasteiger partial charge in [-0.3, -0.25) is 0 Å². The number of nitrogens with zero attached hydrogens (tertiary/aromatic N) is 3. The van der Waals surface area contributed by atoms with Crippen molar-refractivity contribution in [3.8, 4) is 0 Å². The second kappa shape index (κ2) is 6.02. The normalized spacial score (nSPS) is 17.9. The molecule has 1 saturated carbocycles. The molecule has 0 aliphatic heterocycles. The lowest BCUT2D eigenvalue weighted by molar-refractivity contribution is 0.455. The van der Waals surface area contributed by atoms with Crippen LogP contribution in [0.15, 0.2) is 16.7 Å². The minimum absolute atomic E-state index is 0.0912. The molecule has 1 aliphatic rings. The van der Waals surface area contributed by atoms with Crippen LogP contribution in [0.25, 0.3) is 11.2 Å². The van der Waals surface area contributed by atoms with E-state index in [9.17, 15) is 0 Å². The molecule has 2 heterocycles. The van der Waals surface area contributed by atoms with Crippen LogP contribution in [-0.4, -0.2) is 14.5 Å². The molecule has 20 heavy (non-hydrogen) atoms. The standard InChI is InChI=1S/C15H19BrClN3/c1-10(17)14-19-13-8-12(16)9-18-15(13)20(14)7-6-11-4-2-3-5-11/h8-11H,2-7H2,1H3. The van der Waals surface area contributed by atoms with E-state index in [-0.39, 0.29) is 5.38 Å². The molecule has 2 aromatic rings. The Balaban J connectivity index is 1.91. The van der Waals surface area contributed by atoms with Crippen molar-refractivity contribution in [1.82, 2.24) is 14.5 Å². The van der Waals surface area contributed by atoms with E-state index in [4.69, 9.17) is 11.6 Å². The van der Waals surface area contributed by atoms with Crippen LogP contribution in [0.2, 0.25) is 0 Å². The average molecular weight is 357 g/mol. The Morgan fingerprint density at radius 3 is 2.90 bits per heavy atom. The fourth-order valence-corrected chi connectivity index (χ4v) is 3.62. The number of pyridine rings is 1. The summed E-state index contributed by atoms with van der Waals surface area (Å²) in [5.74, 6) is 1.80. The van der Waals surface area contributed by atoms with Crippen LogP contribution >= 0.6 is 27.5 Å². The van der Waals surface area contributed by atoms with Gasteiger partial charge in [-0.1, -0.05) is 25.7 Å². The Morgan fingerprint density at radius 2 is 2.20 bits per heavy atom. The highest BCUT2D eigenvalue weighted by Crippen LogP contribution is 2.30. The lowest BCUT2D eigenvalue weighted by atomic mass is 10.0. The van der Waals surface area contributed by atoms with E-state index in [1.807, 2.05) is 19.2 Å². The minimum atomic E-state index is -0.0912. The van der Waals surface area contributed by atoms with Crippen molar-refractivity contribution in [2.24, 2.45) is 5.92 Å². The zero-order valence-corrected chi connectivity index (χ0v) is 14.0. The summed E-state index contributed by atoms with van der Waals surface area (Å²) in [5.41, 5.74) is 1.88. The summed E-state index contributed by atoms with van der Waals surface area (Å²) in [4.78, 5) is 9.18. The van der Waals surface area contributed by atoms with Crippen molar-refractivity contribution in [3.05, 3.63) is 22.6 Å². The number of rotatable bonds is 4. The lowest BCUT2D eigenvalue weighted by Gasteiger charge is -2.13. The fraction of sp³-hybridized carbons (Fsp3) is 0.600. The highest BCUT2D eigenvalue weighted by Gasteiger charge is 2.19. The number of aryl methyl sites for hydroxylation is 1. The summed E-state index contributed by atoms with van der Waals surface area (Å²) < 4.78 is 3.16. The van der Waals surface area contributed by atoms with Gasteiger partial charge in [0.05, 0.1) is 5.38 Å². The molecule has 2 aromatic heterocycles. The number of halogens is 2. The Hall–Kier alpha value is -0.610. The molecule has 0 aromatic carbocycles. The number of hydrogen-bond acceptors (Lipinski definition) is 2. The average Bonchev–Trinajstić information content (AvgIpc) is 3.02. The lowest BCUT2D eigenvalue weighted by Crippen LogP contribution is -2.08. The van der Waals surface area contributed by atoms with Crippen molar-refractivity contribution in [2.45, 2.75) is 50.9 Å². The third-order valence-electron chi connectivity index (χ3n) is 4.17. The predicted octanol–water partition coefficient (Wildman–Crippen LogP) is 5.07. The molecular formula is C15H19BrClN3. The molecule has 0 amide bonds. The van der Waals surface area contributed by atoms with E-state index in [0.29, 0.717) is 0 Å². The molecule has 0 bridgehead atoms. The first-order valence-corrected chi connectivity index (χ1v) is 8.54. The summed E-state index contributed by atoms with van der Waals surface area (Å²) in [7, 11) is 0. The number of imidazole rings is 1. The Kier molecular flexibility index (Phi) is 4.32. The highest BCUT2D eigenvalue weighted by molar-refractivity contribution is 9.10. The summed E-state index contributed by atoms with van der Waals surface area (Å²) >= 11 is 9.74. The maximum Gasteiger partial charge on any atom is 0.160 e. The third kappa shape index (κ3) is 2.86. The number of hydrogen-bond donors (Lipinski definition) is 0. The van der Waals surface area contributed by atoms with Crippen LogP contribution in [0.4, 0.5) is 0 Å². The largest absolute Gasteiger partial charge is 0.311 e. The first-order valence-electron chi connectivity index (χ1n) is 7.31. The first-order chi connectivity index (χ1) is 9.65. The molecule has 0 radical (unpaired) electrons. The van der Waals surface area contributed by atoms with Crippen LogP contribution in [0, 0.1) is 5.92 Å². The van der Waals surface area contributed by atoms with Crippen molar-refractivity contribution in [3.63, 3.8) is 0 Å². The van der Waals surface area contributed by atoms with Gasteiger partial charge in [0, 0.05) is 17.2 Å². The molecule has 3 rings (SSSR count). The smallest absolute Gasteiger partial charge is 0.160 e. The summed E-state index contributed by atoms with van der Waals surface area (Å²) in [5, 5.41) is -0.0912. The van der Waals surface area contributed by atoms with Crippen LogP contribution in [0.1, 0.15) is 50.2 Å². The minimum Gasteiger partial charge on any atom is -0.311 e. The predicted molar refractivity (Wildman–Crippen MR) is 86.1 cm³/mol. The van der Waals surface area contributed by atoms with E-state index in [0.717, 1.165) is 33.9 Å². The van der Waals surface area contributed by atoms with Gasteiger partial charge in [0.25, 0.3) is 0 Å². The van der Waals surface area contributed by atoms with Crippen molar-refractivity contribution >= 4 is 38.7 Å². The highest BCUT2D eigenvalue weighted by atomic mass is 79.9. The molecule has 1 aliphatic carbocycles. The molecule has 1 unspecified atom stereocenters. The fourth-order valence-electron chi connectivity index (χ4n) is 3.14. The van der Waals surface area contributed by atoms with E-state index in [2.05, 4.69) is 30.5 Å². The van der Waals surface area contributed by atoms with Crippen molar-refractivity contribution < 1.29 is 0 Å². The van der Waals surface area contributed by atoms with Gasteiger partial charge in [0.2, 0.25) is 0 Å². The Labute approximate surface area is 132 Å². The second-order valence-electron chi connectivity index (χ2n) is 5.67. The van der Waals surface area contributed by atoms with Crippen LogP contribution < -0.4 is 0 Å². The number of aromatic nitrogens is 3. The maximum absolute atomic E-state index is 6.29. The van der Waals surface area contributed by atoms with Crippen molar-refractivity contribution in [2.75, 3.05) is 0 Å². The Bertz CT molecular complexity index is 602. The Morgan fingerprint density at radius 1 is 1.45 bits per heavy atom. The molecule has 108 valence electrons. The molecule has 0 saturated heterocycles. The number of alkyl halides is 1. The van der Waals surface area contributed by atoms with Crippen molar-refractivity contribution in [1.29, 1.82) is 0 Å². The van der Waals surface area contributed by atoms with Gasteiger partial charge >= 0.3 is 0 Å². The van der Waals surface area contributed by atoms with Gasteiger partial charge in [0.1, 0.15) is 11.3 Å². The zero-order chi connectivity index (χ0) is 14.1. The third-order valence-corrected chi connectivity index (χ3v) is 4.80. The van der Waals surface area contributed by atoms with E-state index < -0.39 is 0 Å². The zero-order valence-electron chi connectivity index (χ0n) is 11.6. The molecule has 3 nitrogen and oxygen atoms in total. The SMILES string of the molecule is CC(Cl)c1nc2cc(Br)cnc2n1CCC1CCCC1. The van der Waals surface area contributed by atoms with Crippen LogP contribution in [-0.2, 0) is 6.54 Å². The maximum atomic E-state index is 6.29. The second-order valence-corrected chi connectivity index (χ2v) is 7.24. The van der Waals surface area contributed by atoms with Gasteiger partial charge in [-0.25, -0.2) is 9.97 Å². The van der Waals surface area contributed by atoms with Gasteiger partial charge in [-0.2, -0.15) is 0 Å². The summed E-state index contributed by atoms with van der Waals surface area (Å²) in [6, 6.07) is 2.01. The summed E-state index contributed by atoms with van der Waals surface area (Å²) in [6.07, 6.45) is 8.56. The molecule has 1 atom stereocenters. The summed E-state index contributed by atoms with van der Waals surface area (Å²) in [6.45, 7) is 2.95.